The van der Waals surface area contributed by atoms with Crippen LogP contribution in [0.25, 0.3) is 10.1 Å². The van der Waals surface area contributed by atoms with Crippen LogP contribution in [0.1, 0.15) is 11.3 Å². The molecule has 120 valence electrons. The minimum absolute atomic E-state index is 0.0728. The van der Waals surface area contributed by atoms with Crippen LogP contribution >= 0.6 is 22.9 Å². The van der Waals surface area contributed by atoms with Crippen LogP contribution in [0.2, 0.25) is 5.02 Å². The van der Waals surface area contributed by atoms with Gasteiger partial charge in [0.25, 0.3) is 5.91 Å². The van der Waals surface area contributed by atoms with Crippen LogP contribution in [0.15, 0.2) is 24.3 Å². The van der Waals surface area contributed by atoms with Crippen molar-refractivity contribution in [1.82, 2.24) is 15.5 Å². The smallest absolute Gasteiger partial charge is 0.322 e. The largest absolute Gasteiger partial charge is 0.340 e. The molecule has 0 unspecified atom stereocenters. The van der Waals surface area contributed by atoms with Crippen LogP contribution in [0.5, 0.6) is 0 Å². The van der Waals surface area contributed by atoms with Crippen LogP contribution in [0.3, 0.4) is 0 Å². The van der Waals surface area contributed by atoms with Gasteiger partial charge in [-0.25, -0.2) is 4.79 Å². The van der Waals surface area contributed by atoms with Gasteiger partial charge in [0.05, 0.1) is 18.0 Å². The summed E-state index contributed by atoms with van der Waals surface area (Å²) in [5.74, 6) is -0.711. The maximum Gasteiger partial charge on any atom is 0.322 e. The van der Waals surface area contributed by atoms with E-state index in [0.717, 1.165) is 15.0 Å². The summed E-state index contributed by atoms with van der Waals surface area (Å²) in [6.07, 6.45) is -0.0728. The Bertz CT molecular complexity index is 804. The molecule has 1 aromatic heterocycles. The number of nitrogens with zero attached hydrogens (tertiary/aromatic N) is 1. The first-order chi connectivity index (χ1) is 11.0. The highest BCUT2D eigenvalue weighted by Gasteiger charge is 2.32. The van der Waals surface area contributed by atoms with Gasteiger partial charge in [0.1, 0.15) is 6.04 Å². The zero-order chi connectivity index (χ0) is 16.6. The Balaban J connectivity index is 1.69. The number of carbonyl (C=O) groups is 3. The lowest BCUT2D eigenvalue weighted by atomic mass is 10.2. The molecular formula is C15H14ClN3O3S. The zero-order valence-electron chi connectivity index (χ0n) is 12.3. The average Bonchev–Trinajstić information content (AvgIpc) is 2.99. The highest BCUT2D eigenvalue weighted by Crippen LogP contribution is 2.35. The maximum atomic E-state index is 12.2. The summed E-state index contributed by atoms with van der Waals surface area (Å²) in [7, 11) is 1.65. The third-order valence-electron chi connectivity index (χ3n) is 3.65. The van der Waals surface area contributed by atoms with E-state index in [1.54, 1.807) is 7.05 Å². The van der Waals surface area contributed by atoms with Gasteiger partial charge in [-0.2, -0.15) is 0 Å². The second-order valence-electron chi connectivity index (χ2n) is 5.30. The molecule has 3 rings (SSSR count). The summed E-state index contributed by atoms with van der Waals surface area (Å²) in [5.41, 5.74) is 0. The first-order valence-electron chi connectivity index (χ1n) is 6.97. The van der Waals surface area contributed by atoms with Gasteiger partial charge in [0, 0.05) is 22.0 Å². The Hall–Kier alpha value is -2.12. The monoisotopic (exact) mass is 351 g/mol. The highest BCUT2D eigenvalue weighted by molar-refractivity contribution is 7.19. The summed E-state index contributed by atoms with van der Waals surface area (Å²) in [6, 6.07) is 6.40. The molecule has 1 atom stereocenters. The van der Waals surface area contributed by atoms with Crippen molar-refractivity contribution in [3.63, 3.8) is 0 Å². The fourth-order valence-electron chi connectivity index (χ4n) is 2.40. The molecule has 0 spiro atoms. The first-order valence-corrected chi connectivity index (χ1v) is 8.16. The van der Waals surface area contributed by atoms with Crippen molar-refractivity contribution in [3.8, 4) is 0 Å². The molecule has 1 saturated heterocycles. The number of urea groups is 1. The van der Waals surface area contributed by atoms with E-state index in [2.05, 4.69) is 10.6 Å². The third kappa shape index (κ3) is 3.16. The Labute approximate surface area is 141 Å². The molecule has 2 N–H and O–H groups in total. The van der Waals surface area contributed by atoms with Crippen molar-refractivity contribution in [2.75, 3.05) is 7.05 Å². The number of fused-ring (bicyclic) bond motifs is 1. The van der Waals surface area contributed by atoms with Crippen LogP contribution in [0, 0.1) is 0 Å². The Morgan fingerprint density at radius 2 is 2.09 bits per heavy atom. The fourth-order valence-corrected chi connectivity index (χ4v) is 3.95. The second kappa shape index (κ2) is 6.17. The summed E-state index contributed by atoms with van der Waals surface area (Å²) in [5, 5.41) is 6.14. The number of hydrogen-bond acceptors (Lipinski definition) is 4. The third-order valence-corrected chi connectivity index (χ3v) is 5.34. The average molecular weight is 352 g/mol. The van der Waals surface area contributed by atoms with E-state index in [-0.39, 0.29) is 12.3 Å². The van der Waals surface area contributed by atoms with Crippen LogP contribution in [0.4, 0.5) is 4.79 Å². The van der Waals surface area contributed by atoms with Gasteiger partial charge in [-0.3, -0.25) is 14.9 Å². The number of carbonyl (C=O) groups excluding carboxylic acids is 3. The van der Waals surface area contributed by atoms with Crippen LogP contribution in [-0.4, -0.2) is 35.8 Å². The molecular weight excluding hydrogens is 338 g/mol. The normalized spacial score (nSPS) is 17.2. The van der Waals surface area contributed by atoms with Crippen molar-refractivity contribution in [1.29, 1.82) is 0 Å². The van der Waals surface area contributed by atoms with Gasteiger partial charge in [0.2, 0.25) is 5.91 Å². The van der Waals surface area contributed by atoms with Gasteiger partial charge < -0.3 is 10.2 Å². The van der Waals surface area contributed by atoms with E-state index in [1.807, 2.05) is 24.3 Å². The van der Waals surface area contributed by atoms with Gasteiger partial charge in [-0.05, 0) is 6.07 Å². The zero-order valence-corrected chi connectivity index (χ0v) is 13.8. The SMILES string of the molecule is CN(Cc1sc2ccccc2c1Cl)C(=O)C[C@H]1NC(=O)NC1=O. The van der Waals surface area contributed by atoms with E-state index >= 15 is 0 Å². The molecule has 6 nitrogen and oxygen atoms in total. The van der Waals surface area contributed by atoms with Crippen LogP contribution in [-0.2, 0) is 16.1 Å². The van der Waals surface area contributed by atoms with Crippen molar-refractivity contribution in [3.05, 3.63) is 34.2 Å². The topological polar surface area (TPSA) is 78.5 Å². The number of amides is 4. The number of rotatable bonds is 4. The van der Waals surface area contributed by atoms with E-state index in [4.69, 9.17) is 11.6 Å². The highest BCUT2D eigenvalue weighted by atomic mass is 35.5. The van der Waals surface area contributed by atoms with E-state index in [1.165, 1.54) is 16.2 Å². The Kier molecular flexibility index (Phi) is 4.23. The van der Waals surface area contributed by atoms with Crippen LogP contribution < -0.4 is 10.6 Å². The van der Waals surface area contributed by atoms with E-state index < -0.39 is 18.0 Å². The molecule has 0 bridgehead atoms. The van der Waals surface area contributed by atoms with Gasteiger partial charge in [-0.15, -0.1) is 11.3 Å². The van der Waals surface area contributed by atoms with E-state index in [9.17, 15) is 14.4 Å². The molecule has 23 heavy (non-hydrogen) atoms. The van der Waals surface area contributed by atoms with Gasteiger partial charge >= 0.3 is 6.03 Å². The standard InChI is InChI=1S/C15H14ClN3O3S/c1-19(12(20)6-9-14(21)18-15(22)17-9)7-11-13(16)8-4-2-3-5-10(8)23-11/h2-5,9H,6-7H2,1H3,(H2,17,18,21,22)/t9-/m1/s1. The summed E-state index contributed by atoms with van der Waals surface area (Å²) < 4.78 is 1.07. The fraction of sp³-hybridized carbons (Fsp3) is 0.267. The molecule has 0 saturated carbocycles. The summed E-state index contributed by atoms with van der Waals surface area (Å²) in [4.78, 5) is 37.2. The lowest BCUT2D eigenvalue weighted by molar-refractivity contribution is -0.133. The molecule has 1 aliphatic heterocycles. The van der Waals surface area contributed by atoms with Gasteiger partial charge in [0.15, 0.2) is 0 Å². The molecule has 0 radical (unpaired) electrons. The molecule has 1 aliphatic rings. The quantitative estimate of drug-likeness (QED) is 0.828. The Morgan fingerprint density at radius 1 is 1.35 bits per heavy atom. The number of halogens is 1. The van der Waals surface area contributed by atoms with Crippen molar-refractivity contribution in [2.45, 2.75) is 19.0 Å². The molecule has 4 amide bonds. The minimum atomic E-state index is -0.810. The number of thiophene rings is 1. The van der Waals surface area contributed by atoms with Crippen molar-refractivity contribution in [2.24, 2.45) is 0 Å². The van der Waals surface area contributed by atoms with Crippen molar-refractivity contribution < 1.29 is 14.4 Å². The summed E-state index contributed by atoms with van der Waals surface area (Å²) in [6.45, 7) is 0.360. The molecule has 8 heteroatoms. The molecule has 1 aromatic carbocycles. The number of nitrogens with one attached hydrogen (secondary N) is 2. The molecule has 1 fully saturated rings. The number of imide groups is 1. The van der Waals surface area contributed by atoms with Gasteiger partial charge in [-0.1, -0.05) is 29.8 Å². The summed E-state index contributed by atoms with van der Waals surface area (Å²) >= 11 is 7.91. The molecule has 2 heterocycles. The number of hydrogen-bond donors (Lipinski definition) is 2. The lowest BCUT2D eigenvalue weighted by Crippen LogP contribution is -2.36. The lowest BCUT2D eigenvalue weighted by Gasteiger charge is -2.18. The Morgan fingerprint density at radius 3 is 2.74 bits per heavy atom. The predicted octanol–water partition coefficient (Wildman–Crippen LogP) is 2.11. The second-order valence-corrected chi connectivity index (χ2v) is 6.82. The number of benzene rings is 1. The maximum absolute atomic E-state index is 12.2. The molecule has 2 aromatic rings. The predicted molar refractivity (Wildman–Crippen MR) is 88.4 cm³/mol. The minimum Gasteiger partial charge on any atom is -0.340 e. The first kappa shape index (κ1) is 15.8. The molecule has 0 aliphatic carbocycles. The van der Waals surface area contributed by atoms with Crippen molar-refractivity contribution >= 4 is 50.9 Å². The van der Waals surface area contributed by atoms with E-state index in [0.29, 0.717) is 11.6 Å².